The molecule has 1 saturated carbocycles. The summed E-state index contributed by atoms with van der Waals surface area (Å²) in [6.07, 6.45) is 6.51. The van der Waals surface area contributed by atoms with Gasteiger partial charge in [-0.15, -0.1) is 0 Å². The quantitative estimate of drug-likeness (QED) is 0.890. The van der Waals surface area contributed by atoms with Crippen molar-refractivity contribution in [3.8, 4) is 5.88 Å². The van der Waals surface area contributed by atoms with Gasteiger partial charge in [-0.25, -0.2) is 9.97 Å². The van der Waals surface area contributed by atoms with E-state index in [0.717, 1.165) is 24.5 Å². The molecule has 1 N–H and O–H groups in total. The number of hydrogen-bond donors (Lipinski definition) is 1. The molecule has 0 aliphatic heterocycles. The molecule has 1 aliphatic rings. The standard InChI is InChI=1S/C14H22N2O2/c1-10-3-5-11(6-4-10)13(17)7-12-8-14(18-2)16-9-15-12/h8-11,13,17H,3-7H2,1-2H3. The average Bonchev–Trinajstić information content (AvgIpc) is 2.39. The topological polar surface area (TPSA) is 55.2 Å². The zero-order chi connectivity index (χ0) is 13.0. The fraction of sp³-hybridized carbons (Fsp3) is 0.714. The van der Waals surface area contributed by atoms with Gasteiger partial charge in [0.15, 0.2) is 0 Å². The van der Waals surface area contributed by atoms with Crippen molar-refractivity contribution >= 4 is 0 Å². The highest BCUT2D eigenvalue weighted by Crippen LogP contribution is 2.31. The third-order valence-corrected chi connectivity index (χ3v) is 3.93. The van der Waals surface area contributed by atoms with E-state index < -0.39 is 0 Å². The number of hydrogen-bond acceptors (Lipinski definition) is 4. The summed E-state index contributed by atoms with van der Waals surface area (Å²) < 4.78 is 5.06. The van der Waals surface area contributed by atoms with Gasteiger partial charge in [-0.3, -0.25) is 0 Å². The van der Waals surface area contributed by atoms with Crippen LogP contribution >= 0.6 is 0 Å². The van der Waals surface area contributed by atoms with E-state index >= 15 is 0 Å². The number of ether oxygens (including phenoxy) is 1. The van der Waals surface area contributed by atoms with Crippen molar-refractivity contribution < 1.29 is 9.84 Å². The van der Waals surface area contributed by atoms with Crippen molar-refractivity contribution in [3.63, 3.8) is 0 Å². The van der Waals surface area contributed by atoms with Gasteiger partial charge in [0.05, 0.1) is 18.9 Å². The number of aromatic nitrogens is 2. The Hall–Kier alpha value is -1.16. The molecular formula is C14H22N2O2. The molecule has 1 aromatic heterocycles. The second-order valence-electron chi connectivity index (χ2n) is 5.34. The van der Waals surface area contributed by atoms with Gasteiger partial charge in [-0.1, -0.05) is 19.8 Å². The molecule has 4 nitrogen and oxygen atoms in total. The van der Waals surface area contributed by atoms with Crippen LogP contribution in [0.4, 0.5) is 0 Å². The smallest absolute Gasteiger partial charge is 0.216 e. The van der Waals surface area contributed by atoms with Gasteiger partial charge in [-0.05, 0) is 24.7 Å². The van der Waals surface area contributed by atoms with Crippen LogP contribution in [0.3, 0.4) is 0 Å². The van der Waals surface area contributed by atoms with E-state index in [2.05, 4.69) is 16.9 Å². The van der Waals surface area contributed by atoms with E-state index in [-0.39, 0.29) is 6.10 Å². The molecule has 0 spiro atoms. The molecule has 0 bridgehead atoms. The summed E-state index contributed by atoms with van der Waals surface area (Å²) in [5.41, 5.74) is 0.855. The van der Waals surface area contributed by atoms with Crippen molar-refractivity contribution in [3.05, 3.63) is 18.1 Å². The summed E-state index contributed by atoms with van der Waals surface area (Å²) in [5.74, 6) is 1.79. The lowest BCUT2D eigenvalue weighted by atomic mass is 9.79. The molecule has 1 aromatic rings. The lowest BCUT2D eigenvalue weighted by Gasteiger charge is -2.29. The number of aliphatic hydroxyl groups is 1. The van der Waals surface area contributed by atoms with Crippen LogP contribution in [0.5, 0.6) is 5.88 Å². The summed E-state index contributed by atoms with van der Waals surface area (Å²) in [4.78, 5) is 8.16. The van der Waals surface area contributed by atoms with Crippen LogP contribution in [0.25, 0.3) is 0 Å². The van der Waals surface area contributed by atoms with Crippen molar-refractivity contribution in [2.24, 2.45) is 11.8 Å². The minimum absolute atomic E-state index is 0.294. The molecule has 0 saturated heterocycles. The Morgan fingerprint density at radius 3 is 2.72 bits per heavy atom. The summed E-state index contributed by atoms with van der Waals surface area (Å²) in [6, 6.07) is 1.80. The van der Waals surface area contributed by atoms with Crippen LogP contribution in [-0.4, -0.2) is 28.3 Å². The average molecular weight is 250 g/mol. The maximum atomic E-state index is 10.3. The largest absolute Gasteiger partial charge is 0.481 e. The number of aliphatic hydroxyl groups excluding tert-OH is 1. The zero-order valence-corrected chi connectivity index (χ0v) is 11.2. The molecule has 0 radical (unpaired) electrons. The number of methoxy groups -OCH3 is 1. The maximum Gasteiger partial charge on any atom is 0.216 e. The van der Waals surface area contributed by atoms with Crippen LogP contribution in [0.15, 0.2) is 12.4 Å². The SMILES string of the molecule is COc1cc(CC(O)C2CCC(C)CC2)ncn1. The van der Waals surface area contributed by atoms with Crippen LogP contribution in [0, 0.1) is 11.8 Å². The van der Waals surface area contributed by atoms with E-state index in [1.54, 1.807) is 13.2 Å². The summed E-state index contributed by atoms with van der Waals surface area (Å²) >= 11 is 0. The summed E-state index contributed by atoms with van der Waals surface area (Å²) in [6.45, 7) is 2.29. The first-order valence-corrected chi connectivity index (χ1v) is 6.72. The van der Waals surface area contributed by atoms with Crippen LogP contribution in [-0.2, 0) is 6.42 Å². The lowest BCUT2D eigenvalue weighted by molar-refractivity contribution is 0.0752. The van der Waals surface area contributed by atoms with Gasteiger partial charge < -0.3 is 9.84 Å². The van der Waals surface area contributed by atoms with Gasteiger partial charge in [-0.2, -0.15) is 0 Å². The highest BCUT2D eigenvalue weighted by molar-refractivity contribution is 5.14. The van der Waals surface area contributed by atoms with Gasteiger partial charge in [0.1, 0.15) is 6.33 Å². The van der Waals surface area contributed by atoms with E-state index in [0.29, 0.717) is 18.2 Å². The van der Waals surface area contributed by atoms with Crippen LogP contribution < -0.4 is 4.74 Å². The van der Waals surface area contributed by atoms with Crippen molar-refractivity contribution in [1.29, 1.82) is 0 Å². The Balaban J connectivity index is 1.91. The monoisotopic (exact) mass is 250 g/mol. The minimum Gasteiger partial charge on any atom is -0.481 e. The third-order valence-electron chi connectivity index (χ3n) is 3.93. The third kappa shape index (κ3) is 3.42. The maximum absolute atomic E-state index is 10.3. The Kier molecular flexibility index (Phi) is 4.53. The Labute approximate surface area is 108 Å². The van der Waals surface area contributed by atoms with Gasteiger partial charge in [0.2, 0.25) is 5.88 Å². The van der Waals surface area contributed by atoms with Gasteiger partial charge in [0, 0.05) is 12.5 Å². The highest BCUT2D eigenvalue weighted by Gasteiger charge is 2.25. The molecule has 1 heterocycles. The zero-order valence-electron chi connectivity index (χ0n) is 11.2. The summed E-state index contributed by atoms with van der Waals surface area (Å²) in [7, 11) is 1.59. The van der Waals surface area contributed by atoms with Crippen LogP contribution in [0.1, 0.15) is 38.3 Å². The predicted octanol–water partition coefficient (Wildman–Crippen LogP) is 2.21. The second kappa shape index (κ2) is 6.14. The van der Waals surface area contributed by atoms with E-state index in [1.807, 2.05) is 0 Å². The molecular weight excluding hydrogens is 228 g/mol. The van der Waals surface area contributed by atoms with Crippen molar-refractivity contribution in [2.45, 2.75) is 45.1 Å². The van der Waals surface area contributed by atoms with Crippen LogP contribution in [0.2, 0.25) is 0 Å². The molecule has 2 rings (SSSR count). The normalized spacial score (nSPS) is 25.7. The van der Waals surface area contributed by atoms with Gasteiger partial charge in [0.25, 0.3) is 0 Å². The molecule has 100 valence electrons. The Morgan fingerprint density at radius 1 is 1.33 bits per heavy atom. The molecule has 1 aliphatic carbocycles. The fourth-order valence-electron chi connectivity index (χ4n) is 2.65. The van der Waals surface area contributed by atoms with E-state index in [4.69, 9.17) is 4.74 Å². The molecule has 1 unspecified atom stereocenters. The lowest BCUT2D eigenvalue weighted by Crippen LogP contribution is -2.27. The fourth-order valence-corrected chi connectivity index (χ4v) is 2.65. The van der Waals surface area contributed by atoms with Gasteiger partial charge >= 0.3 is 0 Å². The Bertz CT molecular complexity index is 376. The minimum atomic E-state index is -0.294. The second-order valence-corrected chi connectivity index (χ2v) is 5.34. The first kappa shape index (κ1) is 13.3. The first-order chi connectivity index (χ1) is 8.69. The highest BCUT2D eigenvalue weighted by atomic mass is 16.5. The molecule has 4 heteroatoms. The first-order valence-electron chi connectivity index (χ1n) is 6.72. The molecule has 0 aromatic carbocycles. The van der Waals surface area contributed by atoms with Crippen molar-refractivity contribution in [1.82, 2.24) is 9.97 Å². The van der Waals surface area contributed by atoms with E-state index in [1.165, 1.54) is 19.2 Å². The molecule has 0 amide bonds. The van der Waals surface area contributed by atoms with E-state index in [9.17, 15) is 5.11 Å². The molecule has 1 atom stereocenters. The number of nitrogens with zero attached hydrogens (tertiary/aromatic N) is 2. The number of rotatable bonds is 4. The Morgan fingerprint density at radius 2 is 2.06 bits per heavy atom. The predicted molar refractivity (Wildman–Crippen MR) is 69.4 cm³/mol. The molecule has 18 heavy (non-hydrogen) atoms. The summed E-state index contributed by atoms with van der Waals surface area (Å²) in [5, 5.41) is 10.3. The molecule has 1 fully saturated rings. The van der Waals surface area contributed by atoms with Crippen molar-refractivity contribution in [2.75, 3.05) is 7.11 Å².